The molecular weight excluding hydrogens is 184 g/mol. The van der Waals surface area contributed by atoms with Crippen molar-refractivity contribution < 1.29 is 8.78 Å². The van der Waals surface area contributed by atoms with E-state index in [9.17, 15) is 8.78 Å². The van der Waals surface area contributed by atoms with Gasteiger partial charge in [-0.25, -0.2) is 8.78 Å². The second kappa shape index (κ2) is 4.73. The van der Waals surface area contributed by atoms with Crippen molar-refractivity contribution in [3.05, 3.63) is 35.4 Å². The molecule has 1 atom stereocenters. The highest BCUT2D eigenvalue weighted by Gasteiger charge is 2.12. The Morgan fingerprint density at radius 3 is 2.43 bits per heavy atom. The summed E-state index contributed by atoms with van der Waals surface area (Å²) in [4.78, 5) is 0. The molecule has 0 aliphatic heterocycles. The monoisotopic (exact) mass is 195 g/mol. The van der Waals surface area contributed by atoms with Crippen molar-refractivity contribution in [1.82, 2.24) is 5.32 Å². The van der Waals surface area contributed by atoms with Gasteiger partial charge >= 0.3 is 0 Å². The summed E-state index contributed by atoms with van der Waals surface area (Å²) in [6.45, 7) is 0. The van der Waals surface area contributed by atoms with Gasteiger partial charge in [-0.3, -0.25) is 0 Å². The van der Waals surface area contributed by atoms with Gasteiger partial charge in [0.25, 0.3) is 0 Å². The van der Waals surface area contributed by atoms with E-state index in [1.54, 1.807) is 7.05 Å². The molecule has 1 aromatic rings. The lowest BCUT2D eigenvalue weighted by molar-refractivity contribution is 0.539. The summed E-state index contributed by atoms with van der Waals surface area (Å²) in [5, 5.41) is 2.79. The highest BCUT2D eigenvalue weighted by molar-refractivity contribution is 5.22. The number of rotatable bonds is 3. The molecule has 0 saturated carbocycles. The predicted octanol–water partition coefficient (Wildman–Crippen LogP) is 1.73. The predicted molar refractivity (Wildman–Crippen MR) is 51.7 cm³/mol. The maximum absolute atomic E-state index is 13.1. The van der Waals surface area contributed by atoms with Gasteiger partial charge in [0.15, 0.2) is 0 Å². The van der Waals surface area contributed by atoms with Crippen LogP contribution in [0.4, 0.5) is 8.78 Å². The Bertz CT molecular complexity index is 335. The van der Waals surface area contributed by atoms with Gasteiger partial charge in [0.1, 0.15) is 11.6 Å². The van der Waals surface area contributed by atoms with E-state index in [0.29, 0.717) is 0 Å². The van der Waals surface area contributed by atoms with Crippen molar-refractivity contribution in [2.75, 3.05) is 7.05 Å². The van der Waals surface area contributed by atoms with E-state index >= 15 is 0 Å². The largest absolute Gasteiger partial charge is 0.306 e. The number of likely N-dealkylation sites (N-methyl/N-ethyl adjacent to an activating group) is 1. The summed E-state index contributed by atoms with van der Waals surface area (Å²) in [5.74, 6) is 1.30. The number of halogens is 2. The Labute approximate surface area is 82.1 Å². The Balaban J connectivity index is 2.91. The minimum atomic E-state index is -0.555. The van der Waals surface area contributed by atoms with E-state index in [1.165, 1.54) is 18.2 Å². The SMILES string of the molecule is C#CC(Cc1c(F)cccc1F)NC. The lowest BCUT2D eigenvalue weighted by Gasteiger charge is -2.10. The molecule has 0 aromatic heterocycles. The Morgan fingerprint density at radius 1 is 1.43 bits per heavy atom. The van der Waals surface area contributed by atoms with Gasteiger partial charge in [-0.1, -0.05) is 12.0 Å². The van der Waals surface area contributed by atoms with E-state index in [2.05, 4.69) is 11.2 Å². The topological polar surface area (TPSA) is 12.0 Å². The minimum absolute atomic E-state index is 0.0322. The lowest BCUT2D eigenvalue weighted by atomic mass is 10.1. The van der Waals surface area contributed by atoms with Gasteiger partial charge in [-0.05, 0) is 19.2 Å². The van der Waals surface area contributed by atoms with E-state index in [0.717, 1.165) is 0 Å². The first-order valence-corrected chi connectivity index (χ1v) is 4.25. The molecule has 74 valence electrons. The summed E-state index contributed by atoms with van der Waals surface area (Å²) >= 11 is 0. The zero-order valence-corrected chi connectivity index (χ0v) is 7.85. The fraction of sp³-hybridized carbons (Fsp3) is 0.273. The van der Waals surface area contributed by atoms with E-state index < -0.39 is 11.6 Å². The van der Waals surface area contributed by atoms with Crippen molar-refractivity contribution in [3.8, 4) is 12.3 Å². The van der Waals surface area contributed by atoms with Crippen molar-refractivity contribution in [2.45, 2.75) is 12.5 Å². The average Bonchev–Trinajstić information content (AvgIpc) is 2.18. The van der Waals surface area contributed by atoms with Crippen molar-refractivity contribution in [2.24, 2.45) is 0 Å². The standard InChI is InChI=1S/C11H11F2N/c1-3-8(14-2)7-9-10(12)5-4-6-11(9)13/h1,4-6,8,14H,7H2,2H3. The van der Waals surface area contributed by atoms with Gasteiger partial charge in [0.2, 0.25) is 0 Å². The zero-order valence-electron chi connectivity index (χ0n) is 7.85. The first kappa shape index (κ1) is 10.7. The van der Waals surface area contributed by atoms with E-state index in [1.807, 2.05) is 0 Å². The summed E-state index contributed by atoms with van der Waals surface area (Å²) < 4.78 is 26.3. The molecule has 1 N–H and O–H groups in total. The fourth-order valence-electron chi connectivity index (χ4n) is 1.18. The second-order valence-electron chi connectivity index (χ2n) is 2.91. The van der Waals surface area contributed by atoms with Crippen LogP contribution in [0.3, 0.4) is 0 Å². The number of benzene rings is 1. The van der Waals surface area contributed by atoms with Gasteiger partial charge in [-0.2, -0.15) is 0 Å². The van der Waals surface area contributed by atoms with Gasteiger partial charge in [0.05, 0.1) is 6.04 Å². The molecule has 14 heavy (non-hydrogen) atoms. The number of hydrogen-bond acceptors (Lipinski definition) is 1. The molecule has 0 radical (unpaired) electrons. The van der Waals surface area contributed by atoms with Crippen LogP contribution in [0.25, 0.3) is 0 Å². The summed E-state index contributed by atoms with van der Waals surface area (Å²) in [6, 6.07) is 3.43. The van der Waals surface area contributed by atoms with E-state index in [-0.39, 0.29) is 18.0 Å². The maximum atomic E-state index is 13.1. The molecule has 1 aromatic carbocycles. The Hall–Kier alpha value is -1.40. The highest BCUT2D eigenvalue weighted by Crippen LogP contribution is 2.13. The normalized spacial score (nSPS) is 12.1. The molecule has 0 heterocycles. The molecule has 1 unspecified atom stereocenters. The number of terminal acetylenes is 1. The molecule has 0 saturated heterocycles. The second-order valence-corrected chi connectivity index (χ2v) is 2.91. The van der Waals surface area contributed by atoms with E-state index in [4.69, 9.17) is 6.42 Å². The van der Waals surface area contributed by atoms with Crippen LogP contribution in [0.15, 0.2) is 18.2 Å². The zero-order chi connectivity index (χ0) is 10.6. The van der Waals surface area contributed by atoms with Crippen LogP contribution in [0.5, 0.6) is 0 Å². The third kappa shape index (κ3) is 2.30. The maximum Gasteiger partial charge on any atom is 0.129 e. The van der Waals surface area contributed by atoms with Crippen molar-refractivity contribution in [3.63, 3.8) is 0 Å². The molecule has 0 aliphatic carbocycles. The van der Waals surface area contributed by atoms with Gasteiger partial charge < -0.3 is 5.32 Å². The van der Waals surface area contributed by atoms with Gasteiger partial charge in [-0.15, -0.1) is 6.42 Å². The molecule has 3 heteroatoms. The van der Waals surface area contributed by atoms with Gasteiger partial charge in [0, 0.05) is 12.0 Å². The first-order valence-electron chi connectivity index (χ1n) is 4.25. The molecule has 0 bridgehead atoms. The Morgan fingerprint density at radius 2 is 2.00 bits per heavy atom. The van der Waals surface area contributed by atoms with Crippen LogP contribution in [-0.2, 0) is 6.42 Å². The molecule has 0 fully saturated rings. The summed E-state index contributed by atoms with van der Waals surface area (Å²) in [5.41, 5.74) is 0.0322. The summed E-state index contributed by atoms with van der Waals surface area (Å²) in [7, 11) is 1.66. The van der Waals surface area contributed by atoms with Crippen molar-refractivity contribution >= 4 is 0 Å². The highest BCUT2D eigenvalue weighted by atomic mass is 19.1. The third-order valence-corrected chi connectivity index (χ3v) is 2.02. The molecule has 0 aliphatic rings. The number of hydrogen-bond donors (Lipinski definition) is 1. The van der Waals surface area contributed by atoms with Crippen LogP contribution >= 0.6 is 0 Å². The van der Waals surface area contributed by atoms with Crippen LogP contribution in [0.2, 0.25) is 0 Å². The van der Waals surface area contributed by atoms with Crippen LogP contribution < -0.4 is 5.32 Å². The smallest absolute Gasteiger partial charge is 0.129 e. The molecule has 0 amide bonds. The first-order chi connectivity index (χ1) is 6.69. The number of nitrogens with one attached hydrogen (secondary N) is 1. The van der Waals surface area contributed by atoms with Crippen LogP contribution in [0, 0.1) is 24.0 Å². The molecule has 1 nitrogen and oxygen atoms in total. The molecule has 0 spiro atoms. The average molecular weight is 195 g/mol. The Kier molecular flexibility index (Phi) is 3.61. The van der Waals surface area contributed by atoms with Crippen LogP contribution in [0.1, 0.15) is 5.56 Å². The molecule has 1 rings (SSSR count). The minimum Gasteiger partial charge on any atom is -0.306 e. The third-order valence-electron chi connectivity index (χ3n) is 2.02. The quantitative estimate of drug-likeness (QED) is 0.724. The fourth-order valence-corrected chi connectivity index (χ4v) is 1.18. The van der Waals surface area contributed by atoms with Crippen molar-refractivity contribution in [1.29, 1.82) is 0 Å². The summed E-state index contributed by atoms with van der Waals surface area (Å²) in [6.07, 6.45) is 5.33. The van der Waals surface area contributed by atoms with Crippen LogP contribution in [-0.4, -0.2) is 13.1 Å². The lowest BCUT2D eigenvalue weighted by Crippen LogP contribution is -2.26. The molecular formula is C11H11F2N.